The molecule has 2 aliphatic heterocycles. The lowest BCUT2D eigenvalue weighted by Gasteiger charge is -2.23. The number of Topliss-reactive ketones (excluding diaryl/α,β-unsaturated/α-hetero) is 1. The number of anilines is 1. The number of benzene rings is 3. The van der Waals surface area contributed by atoms with Crippen LogP contribution in [0, 0.1) is 5.82 Å². The summed E-state index contributed by atoms with van der Waals surface area (Å²) in [6.45, 7) is 0.725. The van der Waals surface area contributed by atoms with Crippen molar-refractivity contribution in [2.24, 2.45) is 0 Å². The van der Waals surface area contributed by atoms with Crippen molar-refractivity contribution < 1.29 is 28.6 Å². The number of fused-ring (bicyclic) bond motifs is 2. The third-order valence-electron chi connectivity index (χ3n) is 6.01. The number of hydrogen-bond acceptors (Lipinski definition) is 7. The Balaban J connectivity index is 1.55. The van der Waals surface area contributed by atoms with Crippen LogP contribution in [0.25, 0.3) is 16.0 Å². The number of halogens is 2. The third kappa shape index (κ3) is 3.59. The summed E-state index contributed by atoms with van der Waals surface area (Å²) in [5, 5.41) is 12.0. The minimum absolute atomic E-state index is 0.0491. The highest BCUT2D eigenvalue weighted by Gasteiger charge is 2.49. The number of nitrogens with zero attached hydrogens (tertiary/aromatic N) is 2. The molecule has 3 aromatic carbocycles. The molecule has 0 radical (unpaired) electrons. The van der Waals surface area contributed by atoms with Gasteiger partial charge < -0.3 is 14.6 Å². The molecule has 0 bridgehead atoms. The predicted molar refractivity (Wildman–Crippen MR) is 133 cm³/mol. The van der Waals surface area contributed by atoms with E-state index < -0.39 is 29.3 Å². The summed E-state index contributed by atoms with van der Waals surface area (Å²) < 4.78 is 26.9. The van der Waals surface area contributed by atoms with E-state index in [-0.39, 0.29) is 21.8 Å². The van der Waals surface area contributed by atoms with Crippen molar-refractivity contribution in [3.05, 3.63) is 88.2 Å². The molecule has 3 heterocycles. The quantitative estimate of drug-likeness (QED) is 0.217. The van der Waals surface area contributed by atoms with Gasteiger partial charge in [0.2, 0.25) is 0 Å². The summed E-state index contributed by atoms with van der Waals surface area (Å²) in [4.78, 5) is 32.3. The van der Waals surface area contributed by atoms with Gasteiger partial charge in [0.25, 0.3) is 5.78 Å². The molecule has 36 heavy (non-hydrogen) atoms. The summed E-state index contributed by atoms with van der Waals surface area (Å²) in [6, 6.07) is 14.3. The van der Waals surface area contributed by atoms with Crippen LogP contribution in [-0.2, 0) is 9.59 Å². The average Bonchev–Trinajstić information content (AvgIpc) is 3.41. The van der Waals surface area contributed by atoms with E-state index in [1.54, 1.807) is 36.4 Å². The Labute approximate surface area is 213 Å². The molecule has 7 nitrogen and oxygen atoms in total. The molecule has 1 amide bonds. The van der Waals surface area contributed by atoms with Gasteiger partial charge in [-0.15, -0.1) is 0 Å². The molecule has 0 saturated carbocycles. The molecule has 1 unspecified atom stereocenters. The second-order valence-electron chi connectivity index (χ2n) is 8.16. The fourth-order valence-electron chi connectivity index (χ4n) is 4.36. The van der Waals surface area contributed by atoms with Gasteiger partial charge in [0.15, 0.2) is 16.6 Å². The average molecular weight is 523 g/mol. The van der Waals surface area contributed by atoms with E-state index in [1.165, 1.54) is 24.3 Å². The fraction of sp³-hybridized carbons (Fsp3) is 0.115. The van der Waals surface area contributed by atoms with Gasteiger partial charge in [0.05, 0.1) is 15.8 Å². The monoisotopic (exact) mass is 522 g/mol. The molecule has 4 aromatic rings. The summed E-state index contributed by atoms with van der Waals surface area (Å²) in [6.07, 6.45) is 0. The summed E-state index contributed by atoms with van der Waals surface area (Å²) >= 11 is 7.24. The Bertz CT molecular complexity index is 1600. The van der Waals surface area contributed by atoms with E-state index in [2.05, 4.69) is 4.98 Å². The lowest BCUT2D eigenvalue weighted by molar-refractivity contribution is -0.132. The first-order valence-corrected chi connectivity index (χ1v) is 12.1. The second kappa shape index (κ2) is 8.61. The maximum Gasteiger partial charge on any atom is 0.301 e. The molecule has 10 heteroatoms. The maximum atomic E-state index is 15.1. The van der Waals surface area contributed by atoms with E-state index in [9.17, 15) is 14.7 Å². The molecule has 0 aliphatic carbocycles. The number of aliphatic hydroxyl groups excluding tert-OH is 1. The van der Waals surface area contributed by atoms with Crippen LogP contribution in [0.2, 0.25) is 5.02 Å². The number of ether oxygens (including phenoxy) is 2. The molecule has 1 fully saturated rings. The Morgan fingerprint density at radius 2 is 1.83 bits per heavy atom. The number of carbonyl (C=O) groups excluding carboxylic acids is 2. The zero-order valence-electron chi connectivity index (χ0n) is 18.4. The summed E-state index contributed by atoms with van der Waals surface area (Å²) in [5.74, 6) is -2.07. The lowest BCUT2D eigenvalue weighted by Crippen LogP contribution is -2.29. The van der Waals surface area contributed by atoms with E-state index in [0.29, 0.717) is 40.0 Å². The number of ketones is 1. The smallest absolute Gasteiger partial charge is 0.301 e. The predicted octanol–water partition coefficient (Wildman–Crippen LogP) is 5.49. The lowest BCUT2D eigenvalue weighted by atomic mass is 9.95. The van der Waals surface area contributed by atoms with Crippen LogP contribution < -0.4 is 14.4 Å². The summed E-state index contributed by atoms with van der Waals surface area (Å²) in [5.41, 5.74) is 0.599. The fourth-order valence-corrected chi connectivity index (χ4v) is 5.62. The Morgan fingerprint density at radius 1 is 1.06 bits per heavy atom. The first-order chi connectivity index (χ1) is 17.4. The molecule has 1 saturated heterocycles. The highest BCUT2D eigenvalue weighted by atomic mass is 35.5. The Morgan fingerprint density at radius 3 is 2.64 bits per heavy atom. The molecular formula is C26H16ClFN2O5S. The highest BCUT2D eigenvalue weighted by Crippen LogP contribution is 2.45. The van der Waals surface area contributed by atoms with Crippen LogP contribution in [-0.4, -0.2) is 35.0 Å². The number of aromatic nitrogens is 1. The van der Waals surface area contributed by atoms with Crippen LogP contribution in [0.4, 0.5) is 9.52 Å². The molecule has 180 valence electrons. The molecule has 1 aromatic heterocycles. The van der Waals surface area contributed by atoms with Crippen LogP contribution in [0.15, 0.2) is 66.2 Å². The number of amides is 1. The zero-order valence-corrected chi connectivity index (χ0v) is 20.0. The molecule has 1 atom stereocenters. The van der Waals surface area contributed by atoms with Gasteiger partial charge in [-0.25, -0.2) is 9.37 Å². The molecule has 2 aliphatic rings. The van der Waals surface area contributed by atoms with Crippen molar-refractivity contribution in [2.45, 2.75) is 6.04 Å². The van der Waals surface area contributed by atoms with Gasteiger partial charge >= 0.3 is 5.91 Å². The van der Waals surface area contributed by atoms with Gasteiger partial charge in [0, 0.05) is 16.1 Å². The molecule has 0 spiro atoms. The van der Waals surface area contributed by atoms with E-state index in [1.807, 2.05) is 0 Å². The van der Waals surface area contributed by atoms with Gasteiger partial charge in [0.1, 0.15) is 30.8 Å². The van der Waals surface area contributed by atoms with Gasteiger partial charge in [-0.05, 0) is 42.5 Å². The SMILES string of the molecule is O=C1C(=O)N(c2nc3ccc(Cl)cc3s2)C(c2ccccc2F)/C1=C(/O)c1ccc2c(c1)OCCO2. The highest BCUT2D eigenvalue weighted by molar-refractivity contribution is 7.22. The minimum atomic E-state index is -1.24. The maximum absolute atomic E-state index is 15.1. The van der Waals surface area contributed by atoms with E-state index >= 15 is 4.39 Å². The van der Waals surface area contributed by atoms with Crippen molar-refractivity contribution >= 4 is 55.7 Å². The Kier molecular flexibility index (Phi) is 5.39. The van der Waals surface area contributed by atoms with Crippen LogP contribution in [0.3, 0.4) is 0 Å². The van der Waals surface area contributed by atoms with Gasteiger partial charge in [-0.1, -0.05) is 41.1 Å². The van der Waals surface area contributed by atoms with Crippen molar-refractivity contribution in [1.29, 1.82) is 0 Å². The van der Waals surface area contributed by atoms with Gasteiger partial charge in [-0.3, -0.25) is 14.5 Å². The number of rotatable bonds is 3. The van der Waals surface area contributed by atoms with Crippen molar-refractivity contribution in [3.63, 3.8) is 0 Å². The first kappa shape index (κ1) is 22.5. The zero-order chi connectivity index (χ0) is 25.0. The second-order valence-corrected chi connectivity index (χ2v) is 9.60. The largest absolute Gasteiger partial charge is 0.507 e. The van der Waals surface area contributed by atoms with Crippen molar-refractivity contribution in [3.8, 4) is 11.5 Å². The summed E-state index contributed by atoms with van der Waals surface area (Å²) in [7, 11) is 0. The minimum Gasteiger partial charge on any atom is -0.507 e. The van der Waals surface area contributed by atoms with E-state index in [0.717, 1.165) is 16.2 Å². The number of thiazole rings is 1. The third-order valence-corrected chi connectivity index (χ3v) is 7.26. The van der Waals surface area contributed by atoms with Crippen LogP contribution in [0.5, 0.6) is 11.5 Å². The normalized spacial score (nSPS) is 18.7. The van der Waals surface area contributed by atoms with Crippen molar-refractivity contribution in [2.75, 3.05) is 18.1 Å². The molecular weight excluding hydrogens is 507 g/mol. The first-order valence-electron chi connectivity index (χ1n) is 10.9. The molecule has 1 N–H and O–H groups in total. The van der Waals surface area contributed by atoms with Crippen LogP contribution >= 0.6 is 22.9 Å². The number of hydrogen-bond donors (Lipinski definition) is 1. The number of aliphatic hydroxyl groups is 1. The molecule has 6 rings (SSSR count). The van der Waals surface area contributed by atoms with Crippen molar-refractivity contribution in [1.82, 2.24) is 4.98 Å². The van der Waals surface area contributed by atoms with Crippen LogP contribution in [0.1, 0.15) is 17.2 Å². The van der Waals surface area contributed by atoms with E-state index in [4.69, 9.17) is 21.1 Å². The topological polar surface area (TPSA) is 89.0 Å². The van der Waals surface area contributed by atoms with Gasteiger partial charge in [-0.2, -0.15) is 0 Å². The Hall–Kier alpha value is -3.95. The number of carbonyl (C=O) groups is 2. The standard InChI is InChI=1S/C26H16ClFN2O5S/c27-14-6-7-17-20(12-14)36-26(29-17)30-22(15-3-1-2-4-16(15)28)21(24(32)25(30)33)23(31)13-5-8-18-19(11-13)35-10-9-34-18/h1-8,11-12,22,31H,9-10H2/b23-21-.